The van der Waals surface area contributed by atoms with E-state index in [2.05, 4.69) is 11.6 Å². The van der Waals surface area contributed by atoms with E-state index in [1.807, 2.05) is 30.3 Å². The number of nitrogens with zero attached hydrogens (tertiary/aromatic N) is 2. The Morgan fingerprint density at radius 3 is 2.64 bits per heavy atom. The molecular formula is C18H20N2O5. The van der Waals surface area contributed by atoms with Gasteiger partial charge in [-0.15, -0.1) is 0 Å². The van der Waals surface area contributed by atoms with E-state index in [1.54, 1.807) is 13.8 Å². The van der Waals surface area contributed by atoms with Crippen LogP contribution >= 0.6 is 0 Å². The summed E-state index contributed by atoms with van der Waals surface area (Å²) in [5.74, 6) is 0.122. The van der Waals surface area contributed by atoms with Crippen LogP contribution in [0.25, 0.3) is 5.57 Å². The van der Waals surface area contributed by atoms with Crippen molar-refractivity contribution >= 4 is 11.3 Å². The summed E-state index contributed by atoms with van der Waals surface area (Å²) in [5.41, 5.74) is 1.47. The van der Waals surface area contributed by atoms with Crippen molar-refractivity contribution in [3.8, 4) is 5.75 Å². The summed E-state index contributed by atoms with van der Waals surface area (Å²) in [6, 6.07) is 11.0. The fourth-order valence-electron chi connectivity index (χ4n) is 2.10. The van der Waals surface area contributed by atoms with Gasteiger partial charge in [-0.25, -0.2) is 14.8 Å². The maximum absolute atomic E-state index is 11.3. The van der Waals surface area contributed by atoms with Gasteiger partial charge in [-0.05, 0) is 25.0 Å². The molecule has 0 saturated carbocycles. The molecule has 7 heteroatoms. The normalized spacial score (nSPS) is 11.8. The molecule has 0 aliphatic rings. The lowest BCUT2D eigenvalue weighted by molar-refractivity contribution is -0.386. The molecule has 2 aromatic rings. The molecule has 7 nitrogen and oxygen atoms in total. The fraction of sp³-hybridized carbons (Fsp3) is 0.278. The Hall–Kier alpha value is -2.77. The maximum atomic E-state index is 11.3. The molecule has 0 bridgehead atoms. The zero-order chi connectivity index (χ0) is 18.2. The van der Waals surface area contributed by atoms with Gasteiger partial charge < -0.3 is 4.74 Å². The minimum absolute atomic E-state index is 0.120. The molecule has 1 aromatic carbocycles. The van der Waals surface area contributed by atoms with Gasteiger partial charge in [0.05, 0.1) is 4.92 Å². The van der Waals surface area contributed by atoms with Gasteiger partial charge in [0.1, 0.15) is 25.0 Å². The van der Waals surface area contributed by atoms with E-state index in [9.17, 15) is 10.1 Å². The quantitative estimate of drug-likeness (QED) is 0.296. The Kier molecular flexibility index (Phi) is 6.62. The molecule has 0 aliphatic carbocycles. The van der Waals surface area contributed by atoms with Crippen molar-refractivity contribution in [2.75, 3.05) is 6.61 Å². The highest BCUT2D eigenvalue weighted by Gasteiger charge is 2.24. The molecule has 2 rings (SSSR count). The Bertz CT molecular complexity index is 734. The topological polar surface area (TPSA) is 83.7 Å². The minimum atomic E-state index is -0.522. The van der Waals surface area contributed by atoms with Crippen LogP contribution in [-0.4, -0.2) is 22.6 Å². The van der Waals surface area contributed by atoms with Gasteiger partial charge >= 0.3 is 5.69 Å². The maximum Gasteiger partial charge on any atom is 0.336 e. The summed E-state index contributed by atoms with van der Waals surface area (Å²) in [6.45, 7) is 7.53. The zero-order valence-corrected chi connectivity index (χ0v) is 14.2. The number of rotatable bonds is 9. The lowest BCUT2D eigenvalue weighted by atomic mass is 10.2. The Morgan fingerprint density at radius 2 is 2.00 bits per heavy atom. The number of benzene rings is 1. The van der Waals surface area contributed by atoms with Crippen LogP contribution in [0.1, 0.15) is 25.1 Å². The summed E-state index contributed by atoms with van der Waals surface area (Å²) in [6.07, 6.45) is 1.00. The lowest BCUT2D eigenvalue weighted by Crippen LogP contribution is -2.20. The first kappa shape index (κ1) is 18.6. The molecular weight excluding hydrogens is 324 g/mol. The van der Waals surface area contributed by atoms with Gasteiger partial charge in [-0.3, -0.25) is 10.1 Å². The van der Waals surface area contributed by atoms with E-state index < -0.39 is 11.0 Å². The number of hydrogen-bond acceptors (Lipinski definition) is 6. The van der Waals surface area contributed by atoms with E-state index in [0.717, 1.165) is 5.56 Å². The third-order valence-corrected chi connectivity index (χ3v) is 3.26. The number of nitro groups is 1. The Labute approximate surface area is 145 Å². The number of pyridine rings is 1. The third kappa shape index (κ3) is 5.37. The summed E-state index contributed by atoms with van der Waals surface area (Å²) in [7, 11) is 0. The van der Waals surface area contributed by atoms with Gasteiger partial charge in [-0.2, -0.15) is 0 Å². The molecule has 0 N–H and O–H groups in total. The first-order valence-electron chi connectivity index (χ1n) is 7.73. The van der Waals surface area contributed by atoms with Crippen LogP contribution in [0.3, 0.4) is 0 Å². The Morgan fingerprint density at radius 1 is 1.28 bits per heavy atom. The first-order valence-corrected chi connectivity index (χ1v) is 7.73. The predicted octanol–water partition coefficient (Wildman–Crippen LogP) is 3.94. The summed E-state index contributed by atoms with van der Waals surface area (Å²) < 4.78 is 5.62. The summed E-state index contributed by atoms with van der Waals surface area (Å²) in [4.78, 5) is 25.1. The minimum Gasteiger partial charge on any atom is -0.481 e. The third-order valence-electron chi connectivity index (χ3n) is 3.26. The van der Waals surface area contributed by atoms with Crippen molar-refractivity contribution in [1.82, 2.24) is 4.98 Å². The monoisotopic (exact) mass is 344 g/mol. The van der Waals surface area contributed by atoms with E-state index in [0.29, 0.717) is 12.2 Å². The highest BCUT2D eigenvalue weighted by molar-refractivity contribution is 5.70. The molecule has 0 radical (unpaired) electrons. The molecule has 0 fully saturated rings. The van der Waals surface area contributed by atoms with E-state index >= 15 is 0 Å². The molecule has 1 atom stereocenters. The molecule has 0 amide bonds. The van der Waals surface area contributed by atoms with Crippen LogP contribution in [0.15, 0.2) is 49.2 Å². The highest BCUT2D eigenvalue weighted by atomic mass is 17.2. The van der Waals surface area contributed by atoms with Gasteiger partial charge in [0.15, 0.2) is 0 Å². The lowest BCUT2D eigenvalue weighted by Gasteiger charge is -2.15. The number of ether oxygens (including phenoxy) is 1. The summed E-state index contributed by atoms with van der Waals surface area (Å²) >= 11 is 0. The molecule has 0 aliphatic heterocycles. The van der Waals surface area contributed by atoms with Crippen molar-refractivity contribution < 1.29 is 19.4 Å². The number of aromatic nitrogens is 1. The Balaban J connectivity index is 1.92. The van der Waals surface area contributed by atoms with Gasteiger partial charge in [0.2, 0.25) is 5.75 Å². The van der Waals surface area contributed by atoms with Crippen molar-refractivity contribution in [3.63, 3.8) is 0 Å². The number of allylic oxidation sites excluding steroid dienone is 1. The standard InChI is InChI=1S/C18H20N2O5/c1-13(2)17-18(20(21)22)16(9-10-19-17)25-14(3)11-23-24-12-15-7-5-4-6-8-15/h4-10,14H,1,11-12H2,2-3H3/t14-/m0/s1. The predicted molar refractivity (Wildman–Crippen MR) is 92.9 cm³/mol. The van der Waals surface area contributed by atoms with Crippen molar-refractivity contribution in [2.24, 2.45) is 0 Å². The average molecular weight is 344 g/mol. The van der Waals surface area contributed by atoms with Crippen molar-refractivity contribution in [2.45, 2.75) is 26.6 Å². The number of hydrogen-bond donors (Lipinski definition) is 0. The molecule has 0 spiro atoms. The molecule has 0 saturated heterocycles. The van der Waals surface area contributed by atoms with E-state index in [4.69, 9.17) is 14.5 Å². The average Bonchev–Trinajstić information content (AvgIpc) is 2.59. The second-order valence-electron chi connectivity index (χ2n) is 5.50. The summed E-state index contributed by atoms with van der Waals surface area (Å²) in [5, 5.41) is 11.3. The largest absolute Gasteiger partial charge is 0.481 e. The molecule has 0 unspecified atom stereocenters. The fourth-order valence-corrected chi connectivity index (χ4v) is 2.10. The van der Waals surface area contributed by atoms with Crippen LogP contribution in [0.5, 0.6) is 5.75 Å². The second kappa shape index (κ2) is 8.91. The van der Waals surface area contributed by atoms with Gasteiger partial charge in [0.25, 0.3) is 0 Å². The smallest absolute Gasteiger partial charge is 0.336 e. The van der Waals surface area contributed by atoms with Gasteiger partial charge in [-0.1, -0.05) is 36.9 Å². The molecule has 1 aromatic heterocycles. The molecule has 1 heterocycles. The zero-order valence-electron chi connectivity index (χ0n) is 14.2. The molecule has 25 heavy (non-hydrogen) atoms. The van der Waals surface area contributed by atoms with Crippen LogP contribution < -0.4 is 4.74 Å². The van der Waals surface area contributed by atoms with Crippen LogP contribution in [-0.2, 0) is 16.4 Å². The van der Waals surface area contributed by atoms with Crippen LogP contribution in [0.4, 0.5) is 5.69 Å². The van der Waals surface area contributed by atoms with Crippen molar-refractivity contribution in [1.29, 1.82) is 0 Å². The molecule has 132 valence electrons. The van der Waals surface area contributed by atoms with Crippen LogP contribution in [0, 0.1) is 10.1 Å². The highest BCUT2D eigenvalue weighted by Crippen LogP contribution is 2.33. The van der Waals surface area contributed by atoms with Crippen LogP contribution in [0.2, 0.25) is 0 Å². The SMILES string of the molecule is C=C(C)c1nccc(O[C@@H](C)COOCc2ccccc2)c1[N+](=O)[O-]. The first-order chi connectivity index (χ1) is 12.0. The van der Waals surface area contributed by atoms with E-state index in [-0.39, 0.29) is 23.7 Å². The van der Waals surface area contributed by atoms with E-state index in [1.165, 1.54) is 12.3 Å². The second-order valence-corrected chi connectivity index (χ2v) is 5.50. The van der Waals surface area contributed by atoms with Gasteiger partial charge in [0, 0.05) is 12.3 Å². The van der Waals surface area contributed by atoms with Crippen molar-refractivity contribution in [3.05, 3.63) is 70.5 Å².